The number of hydrogen-bond donors (Lipinski definition) is 0. The normalized spacial score (nSPS) is 17.2. The summed E-state index contributed by atoms with van der Waals surface area (Å²) in [7, 11) is 3.27. The van der Waals surface area contributed by atoms with Gasteiger partial charge in [-0.2, -0.15) is 0 Å². The van der Waals surface area contributed by atoms with Gasteiger partial charge in [-0.05, 0) is 41.3 Å². The molecular formula is C26H24O4. The minimum atomic E-state index is -0.440. The molecule has 1 unspecified atom stereocenters. The maximum atomic E-state index is 11.7. The van der Waals surface area contributed by atoms with E-state index in [1.54, 1.807) is 14.2 Å². The van der Waals surface area contributed by atoms with Gasteiger partial charge in [0.05, 0.1) is 14.2 Å². The fourth-order valence-corrected chi connectivity index (χ4v) is 4.16. The standard InChI is InChI=1S/C26H24O4/c1-18(27)30-23-11-7-8-19-14-15-26(17-22(19)23,20-9-5-4-6-10-20)21-12-13-24(28-2)25(16-21)29-3/h4-16H,17H2,1-3H3. The van der Waals surface area contributed by atoms with Crippen LogP contribution in [0.25, 0.3) is 6.08 Å². The minimum Gasteiger partial charge on any atom is -0.493 e. The van der Waals surface area contributed by atoms with Gasteiger partial charge in [0.25, 0.3) is 0 Å². The van der Waals surface area contributed by atoms with Gasteiger partial charge in [-0.25, -0.2) is 0 Å². The van der Waals surface area contributed by atoms with Crippen molar-refractivity contribution in [1.82, 2.24) is 0 Å². The third-order valence-corrected chi connectivity index (χ3v) is 5.61. The van der Waals surface area contributed by atoms with Crippen molar-refractivity contribution >= 4 is 12.0 Å². The summed E-state index contributed by atoms with van der Waals surface area (Å²) >= 11 is 0. The fraction of sp³-hybridized carbons (Fsp3) is 0.192. The number of methoxy groups -OCH3 is 2. The Labute approximate surface area is 176 Å². The average Bonchev–Trinajstić information content (AvgIpc) is 2.78. The number of hydrogen-bond acceptors (Lipinski definition) is 4. The molecule has 152 valence electrons. The molecule has 0 N–H and O–H groups in total. The molecule has 0 fully saturated rings. The summed E-state index contributed by atoms with van der Waals surface area (Å²) in [6.45, 7) is 1.43. The molecule has 3 aromatic carbocycles. The van der Waals surface area contributed by atoms with E-state index in [0.717, 1.165) is 22.3 Å². The van der Waals surface area contributed by atoms with E-state index in [-0.39, 0.29) is 5.97 Å². The van der Waals surface area contributed by atoms with Crippen LogP contribution in [0.4, 0.5) is 0 Å². The Morgan fingerprint density at radius 1 is 0.833 bits per heavy atom. The second-order valence-electron chi connectivity index (χ2n) is 7.33. The number of esters is 1. The zero-order valence-electron chi connectivity index (χ0n) is 17.3. The predicted molar refractivity (Wildman–Crippen MR) is 117 cm³/mol. The van der Waals surface area contributed by atoms with E-state index < -0.39 is 5.41 Å². The summed E-state index contributed by atoms with van der Waals surface area (Å²) in [5.74, 6) is 1.64. The molecule has 4 rings (SSSR count). The Balaban J connectivity index is 1.92. The lowest BCUT2D eigenvalue weighted by Crippen LogP contribution is -2.31. The van der Waals surface area contributed by atoms with Crippen molar-refractivity contribution in [2.24, 2.45) is 0 Å². The molecule has 4 nitrogen and oxygen atoms in total. The van der Waals surface area contributed by atoms with Crippen LogP contribution in [0.1, 0.15) is 29.2 Å². The fourth-order valence-electron chi connectivity index (χ4n) is 4.16. The first-order chi connectivity index (χ1) is 14.6. The molecule has 0 saturated heterocycles. The summed E-state index contributed by atoms with van der Waals surface area (Å²) in [4.78, 5) is 11.7. The van der Waals surface area contributed by atoms with Crippen molar-refractivity contribution in [2.75, 3.05) is 14.2 Å². The molecular weight excluding hydrogens is 376 g/mol. The monoisotopic (exact) mass is 400 g/mol. The largest absolute Gasteiger partial charge is 0.493 e. The second kappa shape index (κ2) is 8.07. The highest BCUT2D eigenvalue weighted by Crippen LogP contribution is 2.45. The molecule has 1 atom stereocenters. The van der Waals surface area contributed by atoms with Gasteiger partial charge in [0, 0.05) is 17.9 Å². The van der Waals surface area contributed by atoms with E-state index in [0.29, 0.717) is 23.7 Å². The topological polar surface area (TPSA) is 44.8 Å². The number of rotatable bonds is 5. The molecule has 0 aromatic heterocycles. The zero-order valence-corrected chi connectivity index (χ0v) is 17.3. The first-order valence-corrected chi connectivity index (χ1v) is 9.85. The van der Waals surface area contributed by atoms with Crippen molar-refractivity contribution in [1.29, 1.82) is 0 Å². The number of carbonyl (C=O) groups is 1. The van der Waals surface area contributed by atoms with Gasteiger partial charge in [0.1, 0.15) is 5.75 Å². The molecule has 0 bridgehead atoms. The summed E-state index contributed by atoms with van der Waals surface area (Å²) in [6.07, 6.45) is 4.99. The van der Waals surface area contributed by atoms with Gasteiger partial charge in [-0.3, -0.25) is 4.79 Å². The molecule has 0 radical (unpaired) electrons. The Morgan fingerprint density at radius 3 is 2.30 bits per heavy atom. The van der Waals surface area contributed by atoms with Crippen LogP contribution < -0.4 is 14.2 Å². The number of allylic oxidation sites excluding steroid dienone is 1. The number of carbonyl (C=O) groups excluding carboxylic acids is 1. The predicted octanol–water partition coefficient (Wildman–Crippen LogP) is 5.18. The van der Waals surface area contributed by atoms with Crippen LogP contribution in [-0.2, 0) is 16.6 Å². The summed E-state index contributed by atoms with van der Waals surface area (Å²) in [5, 5.41) is 0. The molecule has 0 amide bonds. The Kier molecular flexibility index (Phi) is 5.32. The zero-order chi connectivity index (χ0) is 21.1. The Morgan fingerprint density at radius 2 is 1.60 bits per heavy atom. The van der Waals surface area contributed by atoms with Gasteiger partial charge in [-0.1, -0.05) is 60.7 Å². The molecule has 30 heavy (non-hydrogen) atoms. The maximum absolute atomic E-state index is 11.7. The summed E-state index contributed by atoms with van der Waals surface area (Å²) in [6, 6.07) is 22.2. The van der Waals surface area contributed by atoms with Crippen LogP contribution in [-0.4, -0.2) is 20.2 Å². The van der Waals surface area contributed by atoms with E-state index in [2.05, 4.69) is 30.4 Å². The molecule has 1 aliphatic carbocycles. The molecule has 1 aliphatic rings. The highest BCUT2D eigenvalue weighted by atomic mass is 16.5. The third kappa shape index (κ3) is 3.45. The second-order valence-corrected chi connectivity index (χ2v) is 7.33. The van der Waals surface area contributed by atoms with Crippen molar-refractivity contribution < 1.29 is 19.0 Å². The average molecular weight is 400 g/mol. The van der Waals surface area contributed by atoms with Gasteiger partial charge < -0.3 is 14.2 Å². The van der Waals surface area contributed by atoms with Crippen LogP contribution >= 0.6 is 0 Å². The lowest BCUT2D eigenvalue weighted by molar-refractivity contribution is -0.131. The van der Waals surface area contributed by atoms with Gasteiger partial charge in [0.15, 0.2) is 11.5 Å². The highest BCUT2D eigenvalue weighted by Gasteiger charge is 2.36. The molecule has 0 saturated carbocycles. The van der Waals surface area contributed by atoms with Gasteiger partial charge in [-0.15, -0.1) is 0 Å². The first kappa shape index (κ1) is 19.8. The van der Waals surface area contributed by atoms with Crippen molar-refractivity contribution in [3.8, 4) is 17.2 Å². The third-order valence-electron chi connectivity index (χ3n) is 5.61. The number of benzene rings is 3. The van der Waals surface area contributed by atoms with Crippen molar-refractivity contribution in [3.63, 3.8) is 0 Å². The molecule has 4 heteroatoms. The van der Waals surface area contributed by atoms with Gasteiger partial charge in [0.2, 0.25) is 0 Å². The van der Waals surface area contributed by atoms with E-state index in [1.807, 2.05) is 48.5 Å². The summed E-state index contributed by atoms with van der Waals surface area (Å²) in [5.41, 5.74) is 3.85. The van der Waals surface area contributed by atoms with E-state index in [1.165, 1.54) is 6.92 Å². The van der Waals surface area contributed by atoms with Crippen LogP contribution in [0.5, 0.6) is 17.2 Å². The molecule has 0 heterocycles. The van der Waals surface area contributed by atoms with Crippen LogP contribution in [0.2, 0.25) is 0 Å². The Bertz CT molecular complexity index is 1100. The van der Waals surface area contributed by atoms with Crippen LogP contribution in [0, 0.1) is 0 Å². The minimum absolute atomic E-state index is 0.325. The number of fused-ring (bicyclic) bond motifs is 1. The lowest BCUT2D eigenvalue weighted by Gasteiger charge is -2.36. The van der Waals surface area contributed by atoms with E-state index in [9.17, 15) is 4.79 Å². The van der Waals surface area contributed by atoms with Crippen molar-refractivity contribution in [2.45, 2.75) is 18.8 Å². The SMILES string of the molecule is COc1ccc(C2(c3ccccc3)C=Cc3cccc(OC(C)=O)c3C2)cc1OC. The maximum Gasteiger partial charge on any atom is 0.308 e. The highest BCUT2D eigenvalue weighted by molar-refractivity contribution is 5.73. The number of ether oxygens (including phenoxy) is 3. The quantitative estimate of drug-likeness (QED) is 0.437. The molecule has 3 aromatic rings. The molecule has 0 aliphatic heterocycles. The van der Waals surface area contributed by atoms with Gasteiger partial charge >= 0.3 is 5.97 Å². The smallest absolute Gasteiger partial charge is 0.308 e. The van der Waals surface area contributed by atoms with Crippen LogP contribution in [0.15, 0.2) is 72.8 Å². The van der Waals surface area contributed by atoms with Crippen molar-refractivity contribution in [3.05, 3.63) is 95.1 Å². The Hall–Kier alpha value is -3.53. The molecule has 0 spiro atoms. The summed E-state index contributed by atoms with van der Waals surface area (Å²) < 4.78 is 16.6. The van der Waals surface area contributed by atoms with Crippen LogP contribution in [0.3, 0.4) is 0 Å². The lowest BCUT2D eigenvalue weighted by atomic mass is 9.67. The van der Waals surface area contributed by atoms with E-state index >= 15 is 0 Å². The first-order valence-electron chi connectivity index (χ1n) is 9.85. The van der Waals surface area contributed by atoms with E-state index in [4.69, 9.17) is 14.2 Å².